The van der Waals surface area contributed by atoms with Gasteiger partial charge < -0.3 is 9.47 Å². The number of nitrogens with zero attached hydrogens (tertiary/aromatic N) is 1. The van der Waals surface area contributed by atoms with Gasteiger partial charge >= 0.3 is 11.9 Å². The third-order valence-electron chi connectivity index (χ3n) is 4.67. The second-order valence-corrected chi connectivity index (χ2v) is 8.09. The molecule has 1 aliphatic rings. The Morgan fingerprint density at radius 3 is 2.45 bits per heavy atom. The number of hydrogen-bond acceptors (Lipinski definition) is 7. The third kappa shape index (κ3) is 5.59. The van der Waals surface area contributed by atoms with Crippen LogP contribution in [0.3, 0.4) is 0 Å². The fourth-order valence-corrected chi connectivity index (χ4v) is 4.43. The standard InChI is InChI=1S/C21H23ClFNO6S/c1-4-10-30-21(28)13-9-7-6-8-12(13)20(27)24(15(25)5-2)18-17(22)14(31-19(18)23)11-16(26)29-3/h4H,1,5-11H2,2-3H3. The zero-order chi connectivity index (χ0) is 23.1. The average Bonchev–Trinajstić information content (AvgIpc) is 3.04. The van der Waals surface area contributed by atoms with Crippen LogP contribution in [-0.4, -0.2) is 37.5 Å². The molecular formula is C21H23ClFNO6S. The van der Waals surface area contributed by atoms with E-state index in [0.29, 0.717) is 35.5 Å². The largest absolute Gasteiger partial charge is 0.469 e. The Hall–Kier alpha value is -2.52. The van der Waals surface area contributed by atoms with Crippen LogP contribution in [0.4, 0.5) is 10.1 Å². The van der Waals surface area contributed by atoms with Gasteiger partial charge in [-0.25, -0.2) is 9.69 Å². The van der Waals surface area contributed by atoms with Gasteiger partial charge in [0, 0.05) is 22.4 Å². The van der Waals surface area contributed by atoms with Gasteiger partial charge in [0.05, 0.1) is 18.6 Å². The SMILES string of the molecule is C=CCOC(=O)C1=C(C(=O)N(C(=O)CC)c2c(F)sc(CC(=O)OC)c2Cl)CCCC1. The molecule has 0 atom stereocenters. The summed E-state index contributed by atoms with van der Waals surface area (Å²) in [6.45, 7) is 4.98. The quantitative estimate of drug-likeness (QED) is 0.418. The van der Waals surface area contributed by atoms with Crippen LogP contribution in [0.5, 0.6) is 0 Å². The predicted molar refractivity (Wildman–Crippen MR) is 114 cm³/mol. The van der Waals surface area contributed by atoms with Crippen molar-refractivity contribution in [3.63, 3.8) is 0 Å². The number of anilines is 1. The summed E-state index contributed by atoms with van der Waals surface area (Å²) >= 11 is 6.83. The number of imide groups is 1. The molecule has 7 nitrogen and oxygen atoms in total. The number of ether oxygens (including phenoxy) is 2. The summed E-state index contributed by atoms with van der Waals surface area (Å²) in [5, 5.41) is -1.10. The molecular weight excluding hydrogens is 449 g/mol. The van der Waals surface area contributed by atoms with E-state index in [1.165, 1.54) is 20.1 Å². The van der Waals surface area contributed by atoms with Crippen LogP contribution in [0, 0.1) is 5.13 Å². The highest BCUT2D eigenvalue weighted by atomic mass is 35.5. The second kappa shape index (κ2) is 11.2. The molecule has 0 saturated carbocycles. The van der Waals surface area contributed by atoms with Crippen molar-refractivity contribution in [3.05, 3.63) is 38.8 Å². The molecule has 0 saturated heterocycles. The minimum Gasteiger partial charge on any atom is -0.469 e. The van der Waals surface area contributed by atoms with E-state index in [1.807, 2.05) is 0 Å². The first-order valence-corrected chi connectivity index (χ1v) is 10.9. The van der Waals surface area contributed by atoms with Crippen molar-refractivity contribution in [2.45, 2.75) is 45.4 Å². The smallest absolute Gasteiger partial charge is 0.334 e. The fourth-order valence-electron chi connectivity index (χ4n) is 3.14. The van der Waals surface area contributed by atoms with Crippen molar-refractivity contribution in [3.8, 4) is 0 Å². The van der Waals surface area contributed by atoms with E-state index < -0.39 is 34.6 Å². The zero-order valence-corrected chi connectivity index (χ0v) is 18.9. The Balaban J connectivity index is 2.54. The van der Waals surface area contributed by atoms with E-state index >= 15 is 0 Å². The van der Waals surface area contributed by atoms with E-state index in [0.717, 1.165) is 0 Å². The molecule has 0 bridgehead atoms. The Bertz CT molecular complexity index is 939. The van der Waals surface area contributed by atoms with Crippen molar-refractivity contribution in [2.24, 2.45) is 0 Å². The Labute approximate surface area is 188 Å². The van der Waals surface area contributed by atoms with Crippen molar-refractivity contribution in [1.82, 2.24) is 0 Å². The average molecular weight is 472 g/mol. The van der Waals surface area contributed by atoms with Gasteiger partial charge in [-0.2, -0.15) is 4.39 Å². The second-order valence-electron chi connectivity index (χ2n) is 6.65. The molecule has 2 amide bonds. The minimum atomic E-state index is -0.883. The zero-order valence-electron chi connectivity index (χ0n) is 17.3. The van der Waals surface area contributed by atoms with Crippen molar-refractivity contribution >= 4 is 52.4 Å². The van der Waals surface area contributed by atoms with Gasteiger partial charge in [-0.15, -0.1) is 11.3 Å². The summed E-state index contributed by atoms with van der Waals surface area (Å²) in [7, 11) is 1.18. The lowest BCUT2D eigenvalue weighted by molar-refractivity contribution is -0.140. The summed E-state index contributed by atoms with van der Waals surface area (Å²) in [4.78, 5) is 50.9. The molecule has 0 aliphatic heterocycles. The summed E-state index contributed by atoms with van der Waals surface area (Å²) in [6.07, 6.45) is 2.84. The first-order chi connectivity index (χ1) is 14.8. The summed E-state index contributed by atoms with van der Waals surface area (Å²) < 4.78 is 24.5. The van der Waals surface area contributed by atoms with Gasteiger partial charge in [0.2, 0.25) is 11.0 Å². The van der Waals surface area contributed by atoms with Gasteiger partial charge in [0.15, 0.2) is 0 Å². The summed E-state index contributed by atoms with van der Waals surface area (Å²) in [5.74, 6) is -2.82. The molecule has 0 unspecified atom stereocenters. The number of halogens is 2. The van der Waals surface area contributed by atoms with E-state index in [1.54, 1.807) is 0 Å². The Morgan fingerprint density at radius 1 is 1.23 bits per heavy atom. The fraction of sp³-hybridized carbons (Fsp3) is 0.429. The first-order valence-electron chi connectivity index (χ1n) is 9.67. The van der Waals surface area contributed by atoms with Crippen LogP contribution in [0.1, 0.15) is 43.9 Å². The monoisotopic (exact) mass is 471 g/mol. The first kappa shape index (κ1) is 24.7. The molecule has 0 N–H and O–H groups in total. The maximum atomic E-state index is 14.8. The van der Waals surface area contributed by atoms with Crippen LogP contribution < -0.4 is 4.90 Å². The third-order valence-corrected chi connectivity index (χ3v) is 6.15. The number of thiophene rings is 1. The van der Waals surface area contributed by atoms with E-state index in [2.05, 4.69) is 11.3 Å². The molecule has 1 aliphatic carbocycles. The molecule has 168 valence electrons. The number of rotatable bonds is 8. The van der Waals surface area contributed by atoms with Crippen LogP contribution in [0.15, 0.2) is 23.8 Å². The lowest BCUT2D eigenvalue weighted by atomic mass is 9.90. The lowest BCUT2D eigenvalue weighted by Gasteiger charge is -2.25. The molecule has 0 fully saturated rings. The highest BCUT2D eigenvalue weighted by Gasteiger charge is 2.35. The number of hydrogen-bond donors (Lipinski definition) is 0. The highest BCUT2D eigenvalue weighted by Crippen LogP contribution is 2.41. The molecule has 0 radical (unpaired) electrons. The number of carbonyl (C=O) groups excluding carboxylic acids is 4. The molecule has 1 heterocycles. The molecule has 1 aromatic heterocycles. The van der Waals surface area contributed by atoms with E-state index in [9.17, 15) is 23.6 Å². The van der Waals surface area contributed by atoms with Crippen LogP contribution in [-0.2, 0) is 35.1 Å². The summed E-state index contributed by atoms with van der Waals surface area (Å²) in [5.41, 5.74) is -0.161. The maximum Gasteiger partial charge on any atom is 0.334 e. The van der Waals surface area contributed by atoms with Gasteiger partial charge in [-0.3, -0.25) is 14.4 Å². The van der Waals surface area contributed by atoms with Crippen LogP contribution in [0.25, 0.3) is 0 Å². The molecule has 0 aromatic carbocycles. The van der Waals surface area contributed by atoms with Crippen molar-refractivity contribution in [2.75, 3.05) is 18.6 Å². The van der Waals surface area contributed by atoms with E-state index in [4.69, 9.17) is 16.3 Å². The topological polar surface area (TPSA) is 90.0 Å². The molecule has 10 heteroatoms. The Kier molecular flexibility index (Phi) is 8.94. The number of esters is 2. The number of amides is 2. The van der Waals surface area contributed by atoms with Gasteiger partial charge in [-0.05, 0) is 25.7 Å². The van der Waals surface area contributed by atoms with Crippen LogP contribution in [0.2, 0.25) is 5.02 Å². The van der Waals surface area contributed by atoms with Gasteiger partial charge in [0.25, 0.3) is 5.91 Å². The van der Waals surface area contributed by atoms with Crippen molar-refractivity contribution < 1.29 is 33.0 Å². The number of carbonyl (C=O) groups is 4. The molecule has 31 heavy (non-hydrogen) atoms. The van der Waals surface area contributed by atoms with Crippen LogP contribution >= 0.6 is 22.9 Å². The minimum absolute atomic E-state index is 0.0245. The van der Waals surface area contributed by atoms with Gasteiger partial charge in [0.1, 0.15) is 12.3 Å². The summed E-state index contributed by atoms with van der Waals surface area (Å²) in [6, 6.07) is 0. The number of methoxy groups -OCH3 is 1. The van der Waals surface area contributed by atoms with Gasteiger partial charge in [-0.1, -0.05) is 31.2 Å². The lowest BCUT2D eigenvalue weighted by Crippen LogP contribution is -2.39. The maximum absolute atomic E-state index is 14.8. The Morgan fingerprint density at radius 2 is 1.87 bits per heavy atom. The van der Waals surface area contributed by atoms with Crippen molar-refractivity contribution in [1.29, 1.82) is 0 Å². The predicted octanol–water partition coefficient (Wildman–Crippen LogP) is 4.13. The molecule has 2 rings (SSSR count). The highest BCUT2D eigenvalue weighted by molar-refractivity contribution is 7.11. The van der Waals surface area contributed by atoms with E-state index in [-0.39, 0.29) is 46.9 Å². The normalized spacial score (nSPS) is 13.5. The molecule has 1 aromatic rings. The molecule has 0 spiro atoms.